The lowest BCUT2D eigenvalue weighted by molar-refractivity contribution is -0.119. The quantitative estimate of drug-likeness (QED) is 0.455. The molecule has 13 heteroatoms. The average molecular weight is 570 g/mol. The molecule has 2 amide bonds. The topological polar surface area (TPSA) is 118 Å². The highest BCUT2D eigenvalue weighted by Crippen LogP contribution is 2.37. The highest BCUT2D eigenvalue weighted by Gasteiger charge is 2.36. The van der Waals surface area contributed by atoms with Crippen molar-refractivity contribution in [1.29, 1.82) is 0 Å². The summed E-state index contributed by atoms with van der Waals surface area (Å²) < 4.78 is 34.1. The first kappa shape index (κ1) is 26.0. The van der Waals surface area contributed by atoms with Crippen LogP contribution in [0.25, 0.3) is 0 Å². The van der Waals surface area contributed by atoms with Gasteiger partial charge in [-0.15, -0.1) is 0 Å². The van der Waals surface area contributed by atoms with Crippen LogP contribution in [0.5, 0.6) is 5.75 Å². The van der Waals surface area contributed by atoms with Gasteiger partial charge in [-0.3, -0.25) is 9.59 Å². The Hall–Kier alpha value is -3.05. The highest BCUT2D eigenvalue weighted by atomic mass is 35.5. The smallest absolute Gasteiger partial charge is 0.265 e. The van der Waals surface area contributed by atoms with Crippen LogP contribution in [0.2, 0.25) is 15.1 Å². The molecule has 0 fully saturated rings. The second kappa shape index (κ2) is 10.5. The van der Waals surface area contributed by atoms with Crippen LogP contribution < -0.4 is 19.7 Å². The zero-order valence-electron chi connectivity index (χ0n) is 18.7. The normalized spacial score (nSPS) is 15.0. The number of nitrogens with zero attached hydrogens (tertiary/aromatic N) is 2. The lowest BCUT2D eigenvalue weighted by Gasteiger charge is -2.34. The van der Waals surface area contributed by atoms with Crippen LogP contribution in [0.4, 0.5) is 11.6 Å². The number of benzene rings is 2. The van der Waals surface area contributed by atoms with Gasteiger partial charge in [-0.2, -0.15) is 0 Å². The molecule has 2 N–H and O–H groups in total. The summed E-state index contributed by atoms with van der Waals surface area (Å²) >= 11 is 18.3. The molecule has 0 spiro atoms. The maximum atomic E-state index is 13.6. The fraction of sp³-hybridized carbons (Fsp3) is 0.174. The van der Waals surface area contributed by atoms with Gasteiger partial charge in [0.2, 0.25) is 5.91 Å². The summed E-state index contributed by atoms with van der Waals surface area (Å²) in [5.41, 5.74) is 0.0513. The molecular formula is C23H19Cl3N4O5S. The van der Waals surface area contributed by atoms with Crippen LogP contribution in [0.3, 0.4) is 0 Å². The number of sulfonamides is 1. The van der Waals surface area contributed by atoms with Crippen molar-refractivity contribution in [2.45, 2.75) is 17.9 Å². The predicted octanol–water partition coefficient (Wildman–Crippen LogP) is 4.39. The number of carbonyl (C=O) groups excluding carboxylic acids is 2. The van der Waals surface area contributed by atoms with Crippen molar-refractivity contribution in [3.63, 3.8) is 0 Å². The van der Waals surface area contributed by atoms with Crippen molar-refractivity contribution in [1.82, 2.24) is 10.3 Å². The Balaban J connectivity index is 1.72. The number of amides is 2. The number of aromatic nitrogens is 1. The van der Waals surface area contributed by atoms with E-state index >= 15 is 0 Å². The molecule has 1 aromatic heterocycles. The molecule has 1 atom stereocenters. The number of rotatable bonds is 6. The molecule has 1 aliphatic rings. The number of anilines is 2. The van der Waals surface area contributed by atoms with Crippen molar-refractivity contribution in [2.24, 2.45) is 0 Å². The Bertz CT molecular complexity index is 1430. The molecule has 0 unspecified atom stereocenters. The van der Waals surface area contributed by atoms with Crippen LogP contribution in [0, 0.1) is 0 Å². The molecule has 0 radical (unpaired) electrons. The van der Waals surface area contributed by atoms with E-state index in [0.717, 1.165) is 4.31 Å². The number of nitrogens with one attached hydrogen (secondary N) is 2. The van der Waals surface area contributed by atoms with Crippen molar-refractivity contribution < 1.29 is 22.7 Å². The molecule has 2 aromatic carbocycles. The number of fused-ring (bicyclic) bond motifs is 1. The van der Waals surface area contributed by atoms with Crippen LogP contribution in [-0.4, -0.2) is 44.4 Å². The van der Waals surface area contributed by atoms with Crippen LogP contribution in [-0.2, 0) is 14.8 Å². The van der Waals surface area contributed by atoms with Crippen LogP contribution >= 0.6 is 34.8 Å². The largest absolute Gasteiger partial charge is 0.483 e. The first-order valence-electron chi connectivity index (χ1n) is 10.5. The van der Waals surface area contributed by atoms with E-state index < -0.39 is 22.0 Å². The summed E-state index contributed by atoms with van der Waals surface area (Å²) in [5.74, 6) is -0.761. The Morgan fingerprint density at radius 2 is 1.78 bits per heavy atom. The summed E-state index contributed by atoms with van der Waals surface area (Å²) in [5, 5.41) is 5.74. The number of hydrogen-bond donors (Lipinski definition) is 2. The average Bonchev–Trinajstić information content (AvgIpc) is 2.82. The van der Waals surface area contributed by atoms with E-state index in [4.69, 9.17) is 39.5 Å². The molecule has 4 rings (SSSR count). The number of ether oxygens (including phenoxy) is 1. The molecule has 0 bridgehead atoms. The first-order chi connectivity index (χ1) is 17.1. The summed E-state index contributed by atoms with van der Waals surface area (Å²) in [6.45, 7) is 1.27. The maximum absolute atomic E-state index is 13.6. The highest BCUT2D eigenvalue weighted by molar-refractivity contribution is 7.92. The second-order valence-corrected chi connectivity index (χ2v) is 10.9. The van der Waals surface area contributed by atoms with E-state index in [1.54, 1.807) is 12.1 Å². The van der Waals surface area contributed by atoms with E-state index in [9.17, 15) is 18.0 Å². The van der Waals surface area contributed by atoms with Gasteiger partial charge >= 0.3 is 0 Å². The Morgan fingerprint density at radius 1 is 1.08 bits per heavy atom. The minimum Gasteiger partial charge on any atom is -0.483 e. The fourth-order valence-corrected chi connectivity index (χ4v) is 5.81. The molecule has 36 heavy (non-hydrogen) atoms. The third kappa shape index (κ3) is 5.52. The van der Waals surface area contributed by atoms with E-state index in [-0.39, 0.29) is 61.9 Å². The zero-order valence-corrected chi connectivity index (χ0v) is 21.7. The molecule has 0 saturated heterocycles. The third-order valence-corrected chi connectivity index (χ3v) is 7.75. The molecule has 2 heterocycles. The summed E-state index contributed by atoms with van der Waals surface area (Å²) in [6.07, 6.45) is -0.695. The number of hydrogen-bond acceptors (Lipinski definition) is 6. The van der Waals surface area contributed by atoms with E-state index in [1.165, 1.54) is 49.4 Å². The Kier molecular flexibility index (Phi) is 7.60. The van der Waals surface area contributed by atoms with Gasteiger partial charge in [0.15, 0.2) is 11.6 Å². The van der Waals surface area contributed by atoms with Crippen molar-refractivity contribution in [3.05, 3.63) is 75.2 Å². The standard InChI is InChI=1S/C23H19Cl3N4O5S/c1-13(31)27-11-15-12-30(36(33,34)16-5-2-4-14(24)10-16)22-19(35-15)8-9-20(28-22)29-23(32)21-17(25)6-3-7-18(21)26/h2-10,15H,11-12H2,1H3,(H,27,31)(H,28,29,32)/t15-/m0/s1. The summed E-state index contributed by atoms with van der Waals surface area (Å²) in [4.78, 5) is 28.5. The van der Waals surface area contributed by atoms with Gasteiger partial charge in [-0.05, 0) is 42.5 Å². The van der Waals surface area contributed by atoms with Gasteiger partial charge < -0.3 is 15.4 Å². The summed E-state index contributed by atoms with van der Waals surface area (Å²) in [7, 11) is -4.14. The lowest BCUT2D eigenvalue weighted by Crippen LogP contribution is -2.48. The van der Waals surface area contributed by atoms with E-state index in [0.29, 0.717) is 0 Å². The van der Waals surface area contributed by atoms with Gasteiger partial charge in [0.25, 0.3) is 15.9 Å². The SMILES string of the molecule is CC(=O)NC[C@H]1CN(S(=O)(=O)c2cccc(Cl)c2)c2nc(NC(=O)c3c(Cl)cccc3Cl)ccc2O1. The van der Waals surface area contributed by atoms with Gasteiger partial charge in [-0.1, -0.05) is 46.9 Å². The fourth-order valence-electron chi connectivity index (χ4n) is 3.49. The molecular weight excluding hydrogens is 551 g/mol. The van der Waals surface area contributed by atoms with Gasteiger partial charge in [0, 0.05) is 11.9 Å². The molecule has 1 aliphatic heterocycles. The van der Waals surface area contributed by atoms with Crippen molar-refractivity contribution in [3.8, 4) is 5.75 Å². The van der Waals surface area contributed by atoms with E-state index in [1.807, 2.05) is 0 Å². The third-order valence-electron chi connectivity index (χ3n) is 5.13. The number of halogens is 3. The minimum absolute atomic E-state index is 0.0443. The Labute approximate surface area is 222 Å². The van der Waals surface area contributed by atoms with Crippen molar-refractivity contribution >= 4 is 68.3 Å². The first-order valence-corrected chi connectivity index (χ1v) is 13.1. The lowest BCUT2D eigenvalue weighted by atomic mass is 10.2. The zero-order chi connectivity index (χ0) is 26.0. The molecule has 188 valence electrons. The predicted molar refractivity (Wildman–Crippen MR) is 138 cm³/mol. The van der Waals surface area contributed by atoms with Crippen LogP contribution in [0.1, 0.15) is 17.3 Å². The molecule has 0 saturated carbocycles. The second-order valence-electron chi connectivity index (χ2n) is 7.74. The monoisotopic (exact) mass is 568 g/mol. The minimum atomic E-state index is -4.14. The number of pyridine rings is 1. The molecule has 0 aliphatic carbocycles. The van der Waals surface area contributed by atoms with Crippen LogP contribution in [0.15, 0.2) is 59.5 Å². The van der Waals surface area contributed by atoms with Gasteiger partial charge in [-0.25, -0.2) is 17.7 Å². The van der Waals surface area contributed by atoms with Gasteiger partial charge in [0.05, 0.1) is 33.6 Å². The van der Waals surface area contributed by atoms with Crippen molar-refractivity contribution in [2.75, 3.05) is 22.7 Å². The molecule has 9 nitrogen and oxygen atoms in total. The maximum Gasteiger partial charge on any atom is 0.265 e. The van der Waals surface area contributed by atoms with Gasteiger partial charge in [0.1, 0.15) is 11.9 Å². The Morgan fingerprint density at radius 3 is 2.44 bits per heavy atom. The summed E-state index contributed by atoms with van der Waals surface area (Å²) in [6, 6.07) is 13.4. The molecule has 3 aromatic rings. The number of carbonyl (C=O) groups is 2. The van der Waals surface area contributed by atoms with E-state index in [2.05, 4.69) is 15.6 Å².